The normalized spacial score (nSPS) is 16.3. The Morgan fingerprint density at radius 2 is 1.83 bits per heavy atom. The Bertz CT molecular complexity index is 886. The first-order valence-corrected chi connectivity index (χ1v) is 9.11. The lowest BCUT2D eigenvalue weighted by atomic mass is 10.2. The van der Waals surface area contributed by atoms with Gasteiger partial charge in [0.15, 0.2) is 29.2 Å². The van der Waals surface area contributed by atoms with E-state index >= 15 is 0 Å². The molecule has 0 aliphatic carbocycles. The maximum atomic E-state index is 13.8. The van der Waals surface area contributed by atoms with Crippen LogP contribution in [0, 0.1) is 23.3 Å². The maximum Gasteiger partial charge on any atom is 0.191 e. The van der Waals surface area contributed by atoms with Crippen molar-refractivity contribution in [3.05, 3.63) is 59.2 Å². The number of hydrogen-bond acceptors (Lipinski definition) is 3. The molecule has 2 N–H and O–H groups in total. The summed E-state index contributed by atoms with van der Waals surface area (Å²) >= 11 is 0. The summed E-state index contributed by atoms with van der Waals surface area (Å²) in [6.07, 6.45) is 0.802. The van der Waals surface area contributed by atoms with E-state index in [4.69, 9.17) is 4.74 Å². The highest BCUT2D eigenvalue weighted by molar-refractivity contribution is 14.0. The topological polar surface area (TPSA) is 48.9 Å². The van der Waals surface area contributed by atoms with Gasteiger partial charge in [0, 0.05) is 44.4 Å². The average Bonchev–Trinajstić information content (AvgIpc) is 3.19. The molecule has 0 spiro atoms. The smallest absolute Gasteiger partial charge is 0.191 e. The van der Waals surface area contributed by atoms with Gasteiger partial charge in [-0.2, -0.15) is 0 Å². The van der Waals surface area contributed by atoms with Crippen molar-refractivity contribution in [1.29, 1.82) is 0 Å². The second-order valence-electron chi connectivity index (χ2n) is 6.62. The maximum absolute atomic E-state index is 13.8. The molecule has 0 saturated carbocycles. The Balaban J connectivity index is 0.00000320. The molecular formula is C20H23F4IN4O. The molecule has 1 unspecified atom stereocenters. The van der Waals surface area contributed by atoms with Crippen LogP contribution in [0.25, 0.3) is 0 Å². The van der Waals surface area contributed by atoms with Crippen LogP contribution in [0.2, 0.25) is 0 Å². The van der Waals surface area contributed by atoms with Crippen molar-refractivity contribution in [2.45, 2.75) is 19.0 Å². The summed E-state index contributed by atoms with van der Waals surface area (Å²) in [7, 11) is 3.12. The minimum absolute atomic E-state index is 0. The standard InChI is InChI=1S/C20H22F4N4O.HI/c1-25-20(26-10-13-18(23)14(21)9-15(22)19(13)24)27-12-7-8-28(11-12)16-5-3-4-6-17(16)29-2;/h3-6,9,12H,7-8,10-11H2,1-2H3,(H2,25,26,27);1H. The van der Waals surface area contributed by atoms with Gasteiger partial charge in [0.1, 0.15) is 5.75 Å². The van der Waals surface area contributed by atoms with E-state index in [1.54, 1.807) is 7.11 Å². The van der Waals surface area contributed by atoms with E-state index in [1.165, 1.54) is 7.05 Å². The first kappa shape index (κ1) is 24.0. The molecule has 0 aromatic heterocycles. The summed E-state index contributed by atoms with van der Waals surface area (Å²) in [5, 5.41) is 5.87. The molecule has 5 nitrogen and oxygen atoms in total. The predicted octanol–water partition coefficient (Wildman–Crippen LogP) is 3.81. The van der Waals surface area contributed by atoms with Crippen molar-refractivity contribution in [1.82, 2.24) is 10.6 Å². The molecule has 0 radical (unpaired) electrons. The Kier molecular flexibility index (Phi) is 8.56. The Hall–Kier alpha value is -2.24. The lowest BCUT2D eigenvalue weighted by molar-refractivity contribution is 0.415. The summed E-state index contributed by atoms with van der Waals surface area (Å²) < 4.78 is 59.7. The lowest BCUT2D eigenvalue weighted by Crippen LogP contribution is -2.44. The van der Waals surface area contributed by atoms with Crippen molar-refractivity contribution in [3.63, 3.8) is 0 Å². The number of nitrogens with zero attached hydrogens (tertiary/aromatic N) is 2. The summed E-state index contributed by atoms with van der Waals surface area (Å²) in [6, 6.07) is 7.89. The number of halogens is 5. The highest BCUT2D eigenvalue weighted by Gasteiger charge is 2.25. The number of guanidine groups is 1. The molecule has 2 aromatic carbocycles. The zero-order valence-corrected chi connectivity index (χ0v) is 18.8. The molecule has 1 atom stereocenters. The van der Waals surface area contributed by atoms with Gasteiger partial charge in [-0.3, -0.25) is 4.99 Å². The number of hydrogen-bond donors (Lipinski definition) is 2. The molecule has 3 rings (SSSR count). The Labute approximate surface area is 189 Å². The molecule has 0 bridgehead atoms. The number of para-hydroxylation sites is 2. The van der Waals surface area contributed by atoms with Crippen molar-refractivity contribution < 1.29 is 22.3 Å². The SMILES string of the molecule is CN=C(NCc1c(F)c(F)cc(F)c1F)NC1CCN(c2ccccc2OC)C1.I. The van der Waals surface area contributed by atoms with E-state index in [1.807, 2.05) is 24.3 Å². The van der Waals surface area contributed by atoms with Gasteiger partial charge in [0.05, 0.1) is 12.8 Å². The van der Waals surface area contributed by atoms with Crippen LogP contribution < -0.4 is 20.3 Å². The van der Waals surface area contributed by atoms with Gasteiger partial charge in [-0.1, -0.05) is 12.1 Å². The molecule has 164 valence electrons. The third-order valence-corrected chi connectivity index (χ3v) is 4.81. The monoisotopic (exact) mass is 538 g/mol. The quantitative estimate of drug-likeness (QED) is 0.200. The summed E-state index contributed by atoms with van der Waals surface area (Å²) in [6.45, 7) is 1.00. The third-order valence-electron chi connectivity index (χ3n) is 4.81. The second-order valence-corrected chi connectivity index (χ2v) is 6.62. The largest absolute Gasteiger partial charge is 0.495 e. The van der Waals surface area contributed by atoms with Crippen molar-refractivity contribution in [2.75, 3.05) is 32.1 Å². The minimum Gasteiger partial charge on any atom is -0.495 e. The van der Waals surface area contributed by atoms with Crippen molar-refractivity contribution >= 4 is 35.6 Å². The van der Waals surface area contributed by atoms with E-state index in [-0.39, 0.29) is 42.0 Å². The second kappa shape index (κ2) is 10.7. The molecule has 0 amide bonds. The fourth-order valence-corrected chi connectivity index (χ4v) is 3.33. The van der Waals surface area contributed by atoms with E-state index in [0.29, 0.717) is 6.54 Å². The molecule has 1 saturated heterocycles. The van der Waals surface area contributed by atoms with Crippen LogP contribution in [-0.4, -0.2) is 39.2 Å². The molecule has 30 heavy (non-hydrogen) atoms. The number of rotatable bonds is 5. The van der Waals surface area contributed by atoms with Crippen molar-refractivity contribution in [2.24, 2.45) is 4.99 Å². The van der Waals surface area contributed by atoms with Gasteiger partial charge < -0.3 is 20.3 Å². The molecule has 1 fully saturated rings. The lowest BCUT2D eigenvalue weighted by Gasteiger charge is -2.22. The van der Waals surface area contributed by atoms with Crippen LogP contribution in [0.4, 0.5) is 23.2 Å². The fraction of sp³-hybridized carbons (Fsp3) is 0.350. The van der Waals surface area contributed by atoms with E-state index in [2.05, 4.69) is 20.5 Å². The van der Waals surface area contributed by atoms with Gasteiger partial charge in [-0.25, -0.2) is 17.6 Å². The van der Waals surface area contributed by atoms with Crippen LogP contribution in [0.15, 0.2) is 35.3 Å². The number of benzene rings is 2. The zero-order chi connectivity index (χ0) is 21.0. The summed E-state index contributed by atoms with van der Waals surface area (Å²) in [5.74, 6) is -4.67. The van der Waals surface area contributed by atoms with Crippen molar-refractivity contribution in [3.8, 4) is 5.75 Å². The van der Waals surface area contributed by atoms with Gasteiger partial charge in [-0.05, 0) is 18.6 Å². The summed E-state index contributed by atoms with van der Waals surface area (Å²) in [5.41, 5.74) is 0.258. The van der Waals surface area contributed by atoms with Crippen LogP contribution in [0.5, 0.6) is 5.75 Å². The number of anilines is 1. The number of aliphatic imine (C=N–C) groups is 1. The van der Waals surface area contributed by atoms with Crippen LogP contribution in [0.3, 0.4) is 0 Å². The summed E-state index contributed by atoms with van der Waals surface area (Å²) in [4.78, 5) is 6.18. The van der Waals surface area contributed by atoms with E-state index < -0.39 is 35.4 Å². The first-order valence-electron chi connectivity index (χ1n) is 9.11. The van der Waals surface area contributed by atoms with E-state index in [9.17, 15) is 17.6 Å². The third kappa shape index (κ3) is 5.27. The average molecular weight is 538 g/mol. The predicted molar refractivity (Wildman–Crippen MR) is 119 cm³/mol. The van der Waals surface area contributed by atoms with Gasteiger partial charge in [-0.15, -0.1) is 24.0 Å². The van der Waals surface area contributed by atoms with Crippen LogP contribution in [-0.2, 0) is 6.54 Å². The fourth-order valence-electron chi connectivity index (χ4n) is 3.33. The van der Waals surface area contributed by atoms with E-state index in [0.717, 1.165) is 24.4 Å². The number of nitrogens with one attached hydrogen (secondary N) is 2. The van der Waals surface area contributed by atoms with Crippen LogP contribution >= 0.6 is 24.0 Å². The van der Waals surface area contributed by atoms with Gasteiger partial charge in [0.25, 0.3) is 0 Å². The Morgan fingerprint density at radius 1 is 1.17 bits per heavy atom. The number of ether oxygens (including phenoxy) is 1. The van der Waals surface area contributed by atoms with Crippen LogP contribution in [0.1, 0.15) is 12.0 Å². The first-order chi connectivity index (χ1) is 13.9. The number of methoxy groups -OCH3 is 1. The molecule has 2 aromatic rings. The molecule has 1 aliphatic heterocycles. The Morgan fingerprint density at radius 3 is 2.47 bits per heavy atom. The molecule has 1 heterocycles. The van der Waals surface area contributed by atoms with Gasteiger partial charge >= 0.3 is 0 Å². The molecular weight excluding hydrogens is 515 g/mol. The molecule has 10 heteroatoms. The highest BCUT2D eigenvalue weighted by atomic mass is 127. The highest BCUT2D eigenvalue weighted by Crippen LogP contribution is 2.30. The van der Waals surface area contributed by atoms with Gasteiger partial charge in [0.2, 0.25) is 0 Å². The molecule has 1 aliphatic rings. The zero-order valence-electron chi connectivity index (χ0n) is 16.5. The minimum atomic E-state index is -1.44.